The van der Waals surface area contributed by atoms with Crippen molar-refractivity contribution in [2.75, 3.05) is 25.1 Å². The first-order valence-electron chi connectivity index (χ1n) is 5.67. The second-order valence-electron chi connectivity index (χ2n) is 3.97. The van der Waals surface area contributed by atoms with Crippen molar-refractivity contribution in [1.82, 2.24) is 10.2 Å². The molecule has 0 saturated carbocycles. The third-order valence-corrected chi connectivity index (χ3v) is 2.80. The lowest BCUT2D eigenvalue weighted by Gasteiger charge is -2.22. The number of benzene rings is 1. The molecule has 1 fully saturated rings. The second-order valence-corrected chi connectivity index (χ2v) is 3.97. The molecule has 0 aromatic heterocycles. The van der Waals surface area contributed by atoms with Crippen LogP contribution in [0.15, 0.2) is 30.3 Å². The molecular weight excluding hydrogens is 234 g/mol. The third kappa shape index (κ3) is 2.07. The van der Waals surface area contributed by atoms with Crippen molar-refractivity contribution in [3.05, 3.63) is 30.3 Å². The molecule has 96 valence electrons. The Kier molecular flexibility index (Phi) is 3.59. The number of nitrogens with one attached hydrogen (secondary N) is 1. The lowest BCUT2D eigenvalue weighted by atomic mass is 10.3. The van der Waals surface area contributed by atoms with Gasteiger partial charge in [0, 0.05) is 19.3 Å². The number of imide groups is 1. The average molecular weight is 249 g/mol. The normalized spacial score (nSPS) is 19.8. The monoisotopic (exact) mass is 249 g/mol. The number of nitrogens with zero attached hydrogens (tertiary/aromatic N) is 2. The first kappa shape index (κ1) is 12.5. The van der Waals surface area contributed by atoms with Gasteiger partial charge in [0.1, 0.15) is 0 Å². The molecule has 1 aromatic carbocycles. The number of amides is 3. The number of hydrogen-bond donors (Lipinski definition) is 2. The van der Waals surface area contributed by atoms with E-state index in [4.69, 9.17) is 5.11 Å². The van der Waals surface area contributed by atoms with Gasteiger partial charge in [-0.2, -0.15) is 0 Å². The summed E-state index contributed by atoms with van der Waals surface area (Å²) < 4.78 is 0. The van der Waals surface area contributed by atoms with Gasteiger partial charge in [0.25, 0.3) is 5.91 Å². The summed E-state index contributed by atoms with van der Waals surface area (Å²) in [5, 5.41) is 11.7. The number of likely N-dealkylation sites (N-methyl/N-ethyl adjacent to an activating group) is 1. The standard InChI is InChI=1S/C12H15N3O3/c1-14-11(17)10(13-7-8-16)15(12(14)18)9-5-3-2-4-6-9/h2-6,10,13,16H,7-8H2,1H3. The van der Waals surface area contributed by atoms with E-state index in [0.29, 0.717) is 5.69 Å². The van der Waals surface area contributed by atoms with E-state index >= 15 is 0 Å². The molecule has 2 N–H and O–H groups in total. The summed E-state index contributed by atoms with van der Waals surface area (Å²) in [6, 6.07) is 8.59. The van der Waals surface area contributed by atoms with Crippen LogP contribution in [0.4, 0.5) is 10.5 Å². The number of carbonyl (C=O) groups is 2. The predicted octanol–water partition coefficient (Wildman–Crippen LogP) is -0.00700. The van der Waals surface area contributed by atoms with Crippen molar-refractivity contribution >= 4 is 17.6 Å². The van der Waals surface area contributed by atoms with E-state index in [2.05, 4.69) is 5.32 Å². The summed E-state index contributed by atoms with van der Waals surface area (Å²) in [4.78, 5) is 26.4. The minimum atomic E-state index is -0.753. The fourth-order valence-electron chi connectivity index (χ4n) is 1.89. The molecule has 1 unspecified atom stereocenters. The van der Waals surface area contributed by atoms with E-state index in [0.717, 1.165) is 4.90 Å². The summed E-state index contributed by atoms with van der Waals surface area (Å²) in [6.45, 7) is 0.158. The Labute approximate surface area is 105 Å². The van der Waals surface area contributed by atoms with Crippen molar-refractivity contribution < 1.29 is 14.7 Å². The lowest BCUT2D eigenvalue weighted by Crippen LogP contribution is -2.47. The minimum absolute atomic E-state index is 0.0929. The Balaban J connectivity index is 2.30. The molecule has 0 bridgehead atoms. The lowest BCUT2D eigenvalue weighted by molar-refractivity contribution is -0.126. The molecular formula is C12H15N3O3. The van der Waals surface area contributed by atoms with Crippen LogP contribution in [-0.4, -0.2) is 48.3 Å². The van der Waals surface area contributed by atoms with Crippen LogP contribution in [0.5, 0.6) is 0 Å². The fraction of sp³-hybridized carbons (Fsp3) is 0.333. The molecule has 6 nitrogen and oxygen atoms in total. The molecule has 1 atom stereocenters. The summed E-state index contributed by atoms with van der Waals surface area (Å²) in [5.74, 6) is -0.322. The van der Waals surface area contributed by atoms with Crippen molar-refractivity contribution in [2.45, 2.75) is 6.17 Å². The van der Waals surface area contributed by atoms with Crippen LogP contribution in [0.3, 0.4) is 0 Å². The van der Waals surface area contributed by atoms with Crippen LogP contribution in [0.25, 0.3) is 0 Å². The highest BCUT2D eigenvalue weighted by atomic mass is 16.3. The van der Waals surface area contributed by atoms with Gasteiger partial charge in [-0.05, 0) is 12.1 Å². The molecule has 1 aliphatic heterocycles. The first-order chi connectivity index (χ1) is 8.66. The van der Waals surface area contributed by atoms with E-state index in [-0.39, 0.29) is 25.1 Å². The Morgan fingerprint density at radius 1 is 1.28 bits per heavy atom. The van der Waals surface area contributed by atoms with Crippen LogP contribution < -0.4 is 10.2 Å². The zero-order chi connectivity index (χ0) is 13.1. The van der Waals surface area contributed by atoms with Gasteiger partial charge in [0.2, 0.25) is 0 Å². The zero-order valence-corrected chi connectivity index (χ0v) is 10.0. The molecule has 1 saturated heterocycles. The maximum Gasteiger partial charge on any atom is 0.332 e. The number of anilines is 1. The number of carbonyl (C=O) groups excluding carboxylic acids is 2. The molecule has 18 heavy (non-hydrogen) atoms. The SMILES string of the molecule is CN1C(=O)C(NCCO)N(c2ccccc2)C1=O. The molecule has 1 aliphatic rings. The van der Waals surface area contributed by atoms with Crippen LogP contribution in [0, 0.1) is 0 Å². The number of hydrogen-bond acceptors (Lipinski definition) is 4. The number of aliphatic hydroxyl groups excluding tert-OH is 1. The van der Waals surface area contributed by atoms with E-state index < -0.39 is 6.17 Å². The van der Waals surface area contributed by atoms with E-state index in [1.54, 1.807) is 24.3 Å². The van der Waals surface area contributed by atoms with Gasteiger partial charge in [0.05, 0.1) is 6.61 Å². The molecule has 1 aromatic rings. The Morgan fingerprint density at radius 3 is 2.56 bits per heavy atom. The molecule has 2 rings (SSSR count). The van der Waals surface area contributed by atoms with Gasteiger partial charge in [0.15, 0.2) is 6.17 Å². The van der Waals surface area contributed by atoms with Crippen LogP contribution in [0.1, 0.15) is 0 Å². The summed E-state index contributed by atoms with van der Waals surface area (Å²) in [7, 11) is 1.45. The van der Waals surface area contributed by atoms with Gasteiger partial charge in [-0.3, -0.25) is 19.9 Å². The molecule has 6 heteroatoms. The van der Waals surface area contributed by atoms with E-state index in [1.807, 2.05) is 6.07 Å². The largest absolute Gasteiger partial charge is 0.395 e. The number of urea groups is 1. The van der Waals surface area contributed by atoms with Gasteiger partial charge in [-0.25, -0.2) is 4.79 Å². The summed E-state index contributed by atoms with van der Waals surface area (Å²) in [6.07, 6.45) is -0.753. The second kappa shape index (κ2) is 5.16. The van der Waals surface area contributed by atoms with Crippen LogP contribution in [-0.2, 0) is 4.79 Å². The third-order valence-electron chi connectivity index (χ3n) is 2.80. The van der Waals surface area contributed by atoms with Crippen LogP contribution >= 0.6 is 0 Å². The van der Waals surface area contributed by atoms with Gasteiger partial charge in [-0.1, -0.05) is 18.2 Å². The molecule has 0 spiro atoms. The first-order valence-corrected chi connectivity index (χ1v) is 5.67. The molecule has 0 radical (unpaired) electrons. The van der Waals surface area contributed by atoms with Gasteiger partial charge < -0.3 is 5.11 Å². The highest BCUT2D eigenvalue weighted by Crippen LogP contribution is 2.23. The van der Waals surface area contributed by atoms with Gasteiger partial charge in [-0.15, -0.1) is 0 Å². The molecule has 0 aliphatic carbocycles. The number of aliphatic hydroxyl groups is 1. The van der Waals surface area contributed by atoms with Gasteiger partial charge >= 0.3 is 6.03 Å². The average Bonchev–Trinajstić information content (AvgIpc) is 2.62. The quantitative estimate of drug-likeness (QED) is 0.736. The topological polar surface area (TPSA) is 72.9 Å². The smallest absolute Gasteiger partial charge is 0.332 e. The maximum atomic E-state index is 12.0. The summed E-state index contributed by atoms with van der Waals surface area (Å²) >= 11 is 0. The van der Waals surface area contributed by atoms with Crippen molar-refractivity contribution in [3.63, 3.8) is 0 Å². The Morgan fingerprint density at radius 2 is 1.94 bits per heavy atom. The zero-order valence-electron chi connectivity index (χ0n) is 10.0. The summed E-state index contributed by atoms with van der Waals surface area (Å²) in [5.41, 5.74) is 0.649. The highest BCUT2D eigenvalue weighted by Gasteiger charge is 2.43. The maximum absolute atomic E-state index is 12.0. The van der Waals surface area contributed by atoms with Crippen molar-refractivity contribution in [3.8, 4) is 0 Å². The Hall–Kier alpha value is -1.92. The Bertz CT molecular complexity index is 449. The van der Waals surface area contributed by atoms with Crippen molar-refractivity contribution in [1.29, 1.82) is 0 Å². The number of para-hydroxylation sites is 1. The minimum Gasteiger partial charge on any atom is -0.395 e. The highest BCUT2D eigenvalue weighted by molar-refractivity contribution is 6.13. The predicted molar refractivity (Wildman–Crippen MR) is 66.0 cm³/mol. The molecule has 1 heterocycles. The molecule has 3 amide bonds. The van der Waals surface area contributed by atoms with E-state index in [9.17, 15) is 9.59 Å². The van der Waals surface area contributed by atoms with E-state index in [1.165, 1.54) is 11.9 Å². The van der Waals surface area contributed by atoms with Crippen LogP contribution in [0.2, 0.25) is 0 Å². The fourth-order valence-corrected chi connectivity index (χ4v) is 1.89. The number of rotatable bonds is 4. The van der Waals surface area contributed by atoms with Crippen molar-refractivity contribution in [2.24, 2.45) is 0 Å².